The molecule has 0 fully saturated rings. The van der Waals surface area contributed by atoms with Crippen LogP contribution in [0.1, 0.15) is 12.2 Å². The highest BCUT2D eigenvalue weighted by Gasteiger charge is 2.15. The summed E-state index contributed by atoms with van der Waals surface area (Å²) in [6.07, 6.45) is 1.47. The summed E-state index contributed by atoms with van der Waals surface area (Å²) in [5, 5.41) is 6.10. The zero-order chi connectivity index (χ0) is 12.0. The molecule has 0 spiro atoms. The lowest BCUT2D eigenvalue weighted by Crippen LogP contribution is -2.43. The Morgan fingerprint density at radius 2 is 2.31 bits per heavy atom. The van der Waals surface area contributed by atoms with Gasteiger partial charge in [0.1, 0.15) is 0 Å². The number of nitrogens with two attached hydrogens (primary N) is 2. The summed E-state index contributed by atoms with van der Waals surface area (Å²) in [4.78, 5) is 25.6. The average Bonchev–Trinajstić information content (AvgIpc) is 2.69. The predicted octanol–water partition coefficient (Wildman–Crippen LogP) is -2.07. The lowest BCUT2D eigenvalue weighted by Gasteiger charge is -2.09. The first-order valence-corrected chi connectivity index (χ1v) is 4.66. The van der Waals surface area contributed by atoms with Crippen molar-refractivity contribution in [3.8, 4) is 0 Å². The predicted molar refractivity (Wildman–Crippen MR) is 52.8 cm³/mol. The Hall–Kier alpha value is -1.96. The molecule has 2 amide bonds. The second-order valence-electron chi connectivity index (χ2n) is 3.17. The molecule has 0 aromatic carbocycles. The summed E-state index contributed by atoms with van der Waals surface area (Å²) >= 11 is 0. The van der Waals surface area contributed by atoms with Gasteiger partial charge in [-0.25, -0.2) is 0 Å². The molecule has 1 heterocycles. The molecule has 8 heteroatoms. The first-order valence-electron chi connectivity index (χ1n) is 4.66. The van der Waals surface area contributed by atoms with Crippen molar-refractivity contribution in [3.05, 3.63) is 12.2 Å². The molecule has 16 heavy (non-hydrogen) atoms. The Balaban J connectivity index is 2.22. The monoisotopic (exact) mass is 227 g/mol. The molecular weight excluding hydrogens is 214 g/mol. The second kappa shape index (κ2) is 5.81. The van der Waals surface area contributed by atoms with Crippen LogP contribution in [0, 0.1) is 0 Å². The lowest BCUT2D eigenvalue weighted by atomic mass is 10.2. The van der Waals surface area contributed by atoms with Gasteiger partial charge in [0.25, 0.3) is 0 Å². The Morgan fingerprint density at radius 1 is 1.56 bits per heavy atom. The minimum absolute atomic E-state index is 0.173. The quantitative estimate of drug-likeness (QED) is 0.510. The Kier molecular flexibility index (Phi) is 4.40. The van der Waals surface area contributed by atoms with Crippen LogP contribution in [0.25, 0.3) is 0 Å². The molecule has 1 atom stereocenters. The van der Waals surface area contributed by atoms with E-state index in [1.807, 2.05) is 0 Å². The average molecular weight is 227 g/mol. The first-order chi connectivity index (χ1) is 7.59. The fourth-order valence-electron chi connectivity index (χ4n) is 1.04. The molecule has 0 aliphatic heterocycles. The van der Waals surface area contributed by atoms with Gasteiger partial charge < -0.3 is 21.3 Å². The summed E-state index contributed by atoms with van der Waals surface area (Å²) < 4.78 is 4.51. The van der Waals surface area contributed by atoms with Crippen LogP contribution in [0.15, 0.2) is 10.9 Å². The maximum atomic E-state index is 11.3. The van der Waals surface area contributed by atoms with E-state index in [-0.39, 0.29) is 6.42 Å². The summed E-state index contributed by atoms with van der Waals surface area (Å²) in [5.74, 6) is -0.549. The number of hydrogen-bond acceptors (Lipinski definition) is 6. The Morgan fingerprint density at radius 3 is 2.88 bits per heavy atom. The number of carbonyl (C=O) groups excluding carboxylic acids is 2. The van der Waals surface area contributed by atoms with E-state index < -0.39 is 17.9 Å². The third-order valence-corrected chi connectivity index (χ3v) is 1.81. The number of aromatic nitrogens is 2. The van der Waals surface area contributed by atoms with Crippen LogP contribution in [0.4, 0.5) is 0 Å². The maximum absolute atomic E-state index is 11.3. The third-order valence-electron chi connectivity index (χ3n) is 1.81. The molecule has 88 valence electrons. The van der Waals surface area contributed by atoms with Gasteiger partial charge >= 0.3 is 0 Å². The number of rotatable bonds is 6. The normalized spacial score (nSPS) is 12.1. The molecule has 0 radical (unpaired) electrons. The lowest BCUT2D eigenvalue weighted by molar-refractivity contribution is -0.126. The van der Waals surface area contributed by atoms with E-state index in [1.165, 1.54) is 6.39 Å². The van der Waals surface area contributed by atoms with Crippen molar-refractivity contribution < 1.29 is 14.1 Å². The van der Waals surface area contributed by atoms with Crippen LogP contribution < -0.4 is 16.8 Å². The highest BCUT2D eigenvalue weighted by Crippen LogP contribution is 1.90. The maximum Gasteiger partial charge on any atom is 0.237 e. The van der Waals surface area contributed by atoms with E-state index in [0.29, 0.717) is 18.8 Å². The van der Waals surface area contributed by atoms with Crippen LogP contribution in [0.5, 0.6) is 0 Å². The number of carbonyl (C=O) groups is 2. The van der Waals surface area contributed by atoms with Gasteiger partial charge in [0, 0.05) is 13.0 Å². The highest BCUT2D eigenvalue weighted by molar-refractivity contribution is 5.87. The molecule has 0 bridgehead atoms. The zero-order valence-corrected chi connectivity index (χ0v) is 8.55. The molecule has 1 unspecified atom stereocenters. The van der Waals surface area contributed by atoms with Crippen molar-refractivity contribution in [1.82, 2.24) is 15.5 Å². The fourth-order valence-corrected chi connectivity index (χ4v) is 1.04. The van der Waals surface area contributed by atoms with Gasteiger partial charge in [0.15, 0.2) is 5.82 Å². The molecule has 0 saturated carbocycles. The number of nitrogens with zero attached hydrogens (tertiary/aromatic N) is 2. The smallest absolute Gasteiger partial charge is 0.237 e. The van der Waals surface area contributed by atoms with Gasteiger partial charge in [-0.15, -0.1) is 0 Å². The molecule has 1 rings (SSSR count). The molecule has 5 N–H and O–H groups in total. The summed E-state index contributed by atoms with van der Waals surface area (Å²) in [6.45, 7) is 0.324. The van der Waals surface area contributed by atoms with E-state index in [4.69, 9.17) is 11.5 Å². The Bertz CT molecular complexity index is 351. The van der Waals surface area contributed by atoms with Crippen molar-refractivity contribution in [1.29, 1.82) is 0 Å². The van der Waals surface area contributed by atoms with Crippen LogP contribution >= 0.6 is 0 Å². The first kappa shape index (κ1) is 12.1. The molecule has 1 aromatic heterocycles. The zero-order valence-electron chi connectivity index (χ0n) is 8.55. The van der Waals surface area contributed by atoms with Crippen molar-refractivity contribution in [2.45, 2.75) is 18.9 Å². The van der Waals surface area contributed by atoms with Gasteiger partial charge in [-0.3, -0.25) is 9.59 Å². The second-order valence-corrected chi connectivity index (χ2v) is 3.17. The SMILES string of the molecule is NC(=O)CC(N)C(=O)NCCc1ncon1. The molecule has 0 aliphatic carbocycles. The van der Waals surface area contributed by atoms with Gasteiger partial charge in [0.2, 0.25) is 18.2 Å². The van der Waals surface area contributed by atoms with Crippen LogP contribution in [-0.4, -0.2) is 34.5 Å². The molecule has 0 saturated heterocycles. The van der Waals surface area contributed by atoms with Gasteiger partial charge in [-0.05, 0) is 0 Å². The van der Waals surface area contributed by atoms with Crippen LogP contribution in [0.3, 0.4) is 0 Å². The largest absolute Gasteiger partial charge is 0.370 e. The van der Waals surface area contributed by atoms with Crippen LogP contribution in [0.2, 0.25) is 0 Å². The highest BCUT2D eigenvalue weighted by atomic mass is 16.5. The summed E-state index contributed by atoms with van der Waals surface area (Å²) in [5.41, 5.74) is 10.3. The van der Waals surface area contributed by atoms with Crippen molar-refractivity contribution in [2.75, 3.05) is 6.54 Å². The van der Waals surface area contributed by atoms with Gasteiger partial charge in [-0.1, -0.05) is 5.16 Å². The van der Waals surface area contributed by atoms with Crippen molar-refractivity contribution in [3.63, 3.8) is 0 Å². The topological polar surface area (TPSA) is 137 Å². The molecule has 1 aromatic rings. The minimum Gasteiger partial charge on any atom is -0.370 e. The molecule has 8 nitrogen and oxygen atoms in total. The van der Waals surface area contributed by atoms with E-state index in [1.54, 1.807) is 0 Å². The van der Waals surface area contributed by atoms with Crippen molar-refractivity contribution >= 4 is 11.8 Å². The number of hydrogen-bond donors (Lipinski definition) is 3. The molecule has 0 aliphatic rings. The van der Waals surface area contributed by atoms with Gasteiger partial charge in [-0.2, -0.15) is 4.98 Å². The number of primary amides is 1. The van der Waals surface area contributed by atoms with E-state index in [9.17, 15) is 9.59 Å². The van der Waals surface area contributed by atoms with Crippen molar-refractivity contribution in [2.24, 2.45) is 11.5 Å². The fraction of sp³-hybridized carbons (Fsp3) is 0.500. The summed E-state index contributed by atoms with van der Waals surface area (Å²) in [7, 11) is 0. The van der Waals surface area contributed by atoms with Crippen LogP contribution in [-0.2, 0) is 16.0 Å². The molecular formula is C8H13N5O3. The number of nitrogens with one attached hydrogen (secondary N) is 1. The standard InChI is InChI=1S/C8H13N5O3/c9-5(3-6(10)14)8(15)11-2-1-7-12-4-16-13-7/h4-5H,1-3,9H2,(H2,10,14)(H,11,15). The van der Waals surface area contributed by atoms with Gasteiger partial charge in [0.05, 0.1) is 12.5 Å². The van der Waals surface area contributed by atoms with E-state index >= 15 is 0 Å². The van der Waals surface area contributed by atoms with E-state index in [2.05, 4.69) is 20.0 Å². The minimum atomic E-state index is -0.914. The third kappa shape index (κ3) is 4.05. The Labute approximate surface area is 91.4 Å². The number of amides is 2. The summed E-state index contributed by atoms with van der Waals surface area (Å²) in [6, 6.07) is -0.914. The van der Waals surface area contributed by atoms with E-state index in [0.717, 1.165) is 0 Å².